The maximum Gasteiger partial charge on any atom is 0.269 e. The summed E-state index contributed by atoms with van der Waals surface area (Å²) in [5.41, 5.74) is 0. The van der Waals surface area contributed by atoms with Crippen LogP contribution in [0.2, 0.25) is 0 Å². The van der Waals surface area contributed by atoms with E-state index in [1.165, 1.54) is 9.80 Å². The molecule has 82 valence electrons. The predicted molar refractivity (Wildman–Crippen MR) is 47.4 cm³/mol. The van der Waals surface area contributed by atoms with E-state index in [9.17, 15) is 14.7 Å². The minimum absolute atomic E-state index is 0.424. The molecule has 1 aliphatic rings. The Bertz CT molecular complexity index is 289. The molecule has 1 aliphatic heterocycles. The van der Waals surface area contributed by atoms with E-state index in [-0.39, 0.29) is 0 Å². The average molecular weight is 211 g/mol. The minimum Gasteiger partial charge on any atom is -0.540 e. The van der Waals surface area contributed by atoms with Gasteiger partial charge in [-0.25, -0.2) is 0 Å². The molecule has 0 atom stereocenters. The first-order chi connectivity index (χ1) is 7.15. The van der Waals surface area contributed by atoms with Crippen molar-refractivity contribution in [1.29, 1.82) is 5.26 Å². The number of hydrogen-bond donors (Lipinski definition) is 1. The summed E-state index contributed by atoms with van der Waals surface area (Å²) in [6, 6.07) is 2.06. The number of nitriles is 1. The van der Waals surface area contributed by atoms with E-state index in [0.717, 1.165) is 6.54 Å². The summed E-state index contributed by atoms with van der Waals surface area (Å²) in [6.07, 6.45) is 0.490. The fraction of sp³-hybridized carbons (Fsp3) is 0.667. The van der Waals surface area contributed by atoms with Crippen molar-refractivity contribution < 1.29 is 19.6 Å². The number of carboxylic acids is 1. The van der Waals surface area contributed by atoms with Crippen molar-refractivity contribution in [2.45, 2.75) is 6.42 Å². The number of carbonyl (C=O) groups excluding carboxylic acids is 2. The average Bonchev–Trinajstić information content (AvgIpc) is 2.26. The Morgan fingerprint density at radius 3 is 2.47 bits per heavy atom. The molecule has 0 radical (unpaired) electrons. The zero-order valence-corrected chi connectivity index (χ0v) is 8.36. The van der Waals surface area contributed by atoms with Crippen LogP contribution in [0.3, 0.4) is 0 Å². The van der Waals surface area contributed by atoms with Crippen LogP contribution in [0.4, 0.5) is 0 Å². The van der Waals surface area contributed by atoms with Crippen molar-refractivity contribution in [2.24, 2.45) is 0 Å². The summed E-state index contributed by atoms with van der Waals surface area (Å²) in [5.74, 6) is -2.58. The number of amides is 1. The summed E-state index contributed by atoms with van der Waals surface area (Å²) in [6.45, 7) is 2.99. The van der Waals surface area contributed by atoms with E-state index in [1.807, 2.05) is 0 Å². The molecular weight excluding hydrogens is 198 g/mol. The minimum atomic E-state index is -1.64. The lowest BCUT2D eigenvalue weighted by atomic mass is 10.3. The van der Waals surface area contributed by atoms with Crippen LogP contribution in [0.15, 0.2) is 0 Å². The van der Waals surface area contributed by atoms with Gasteiger partial charge in [-0.1, -0.05) is 0 Å². The highest BCUT2D eigenvalue weighted by Crippen LogP contribution is 1.90. The smallest absolute Gasteiger partial charge is 0.269 e. The van der Waals surface area contributed by atoms with Gasteiger partial charge in [-0.3, -0.25) is 4.79 Å². The SMILES string of the molecule is N#CCC[NH+]1CCN(C(=O)C(=O)[O-])CC1. The van der Waals surface area contributed by atoms with Gasteiger partial charge in [0.1, 0.15) is 5.97 Å². The molecule has 0 aromatic rings. The van der Waals surface area contributed by atoms with E-state index in [0.29, 0.717) is 32.6 Å². The molecule has 0 aromatic carbocycles. The second-order valence-electron chi connectivity index (χ2n) is 3.49. The van der Waals surface area contributed by atoms with Gasteiger partial charge < -0.3 is 19.7 Å². The third-order valence-electron chi connectivity index (χ3n) is 2.52. The van der Waals surface area contributed by atoms with Crippen LogP contribution in [0.5, 0.6) is 0 Å². The molecule has 1 fully saturated rings. The Morgan fingerprint density at radius 1 is 1.40 bits per heavy atom. The van der Waals surface area contributed by atoms with E-state index in [2.05, 4.69) is 6.07 Å². The molecule has 15 heavy (non-hydrogen) atoms. The number of hydrogen-bond acceptors (Lipinski definition) is 4. The van der Waals surface area contributed by atoms with Crippen molar-refractivity contribution in [1.82, 2.24) is 4.90 Å². The second-order valence-corrected chi connectivity index (χ2v) is 3.49. The van der Waals surface area contributed by atoms with Crippen molar-refractivity contribution in [3.05, 3.63) is 0 Å². The molecule has 1 heterocycles. The van der Waals surface area contributed by atoms with Crippen LogP contribution in [-0.4, -0.2) is 49.5 Å². The van der Waals surface area contributed by atoms with E-state index < -0.39 is 11.9 Å². The van der Waals surface area contributed by atoms with Crippen LogP contribution >= 0.6 is 0 Å². The molecule has 1 saturated heterocycles. The molecule has 1 N–H and O–H groups in total. The van der Waals surface area contributed by atoms with Crippen molar-refractivity contribution >= 4 is 11.9 Å². The summed E-state index contributed by atoms with van der Waals surface area (Å²) in [4.78, 5) is 23.8. The van der Waals surface area contributed by atoms with Gasteiger partial charge in [0.25, 0.3) is 5.91 Å². The lowest BCUT2D eigenvalue weighted by Gasteiger charge is -2.31. The van der Waals surface area contributed by atoms with E-state index in [4.69, 9.17) is 5.26 Å². The normalized spacial score (nSPS) is 17.1. The van der Waals surface area contributed by atoms with Crippen LogP contribution in [0.25, 0.3) is 0 Å². The van der Waals surface area contributed by atoms with Gasteiger partial charge in [0, 0.05) is 0 Å². The maximum atomic E-state index is 11.0. The monoisotopic (exact) mass is 211 g/mol. The summed E-state index contributed by atoms with van der Waals surface area (Å²) in [5, 5.41) is 18.7. The first-order valence-corrected chi connectivity index (χ1v) is 4.86. The highest BCUT2D eigenvalue weighted by Gasteiger charge is 2.23. The van der Waals surface area contributed by atoms with Gasteiger partial charge >= 0.3 is 0 Å². The van der Waals surface area contributed by atoms with Crippen LogP contribution < -0.4 is 10.0 Å². The molecule has 0 spiro atoms. The second kappa shape index (κ2) is 5.32. The summed E-state index contributed by atoms with van der Waals surface area (Å²) in [7, 11) is 0. The quantitative estimate of drug-likeness (QED) is 0.477. The molecule has 0 aliphatic carbocycles. The van der Waals surface area contributed by atoms with Gasteiger partial charge in [-0.05, 0) is 0 Å². The van der Waals surface area contributed by atoms with Gasteiger partial charge in [-0.2, -0.15) is 5.26 Å². The lowest BCUT2D eigenvalue weighted by molar-refractivity contribution is -0.903. The number of piperazine rings is 1. The summed E-state index contributed by atoms with van der Waals surface area (Å²) < 4.78 is 0. The molecule has 0 aromatic heterocycles. The number of carbonyl (C=O) groups is 2. The maximum absolute atomic E-state index is 11.0. The third-order valence-corrected chi connectivity index (χ3v) is 2.52. The topological polar surface area (TPSA) is 88.7 Å². The van der Waals surface area contributed by atoms with Crippen LogP contribution in [0.1, 0.15) is 6.42 Å². The van der Waals surface area contributed by atoms with Crippen molar-refractivity contribution in [3.63, 3.8) is 0 Å². The Hall–Kier alpha value is -1.61. The number of carboxylic acid groups (broad SMARTS) is 1. The zero-order valence-electron chi connectivity index (χ0n) is 8.36. The van der Waals surface area contributed by atoms with Crippen molar-refractivity contribution in [3.8, 4) is 6.07 Å². The number of quaternary nitrogens is 1. The van der Waals surface area contributed by atoms with E-state index in [1.54, 1.807) is 0 Å². The molecular formula is C9H13N3O3. The Kier molecular flexibility index (Phi) is 4.06. The number of nitrogens with one attached hydrogen (secondary N) is 1. The molecule has 0 saturated carbocycles. The predicted octanol–water partition coefficient (Wildman–Crippen LogP) is -3.62. The number of aliphatic carboxylic acids is 1. The third kappa shape index (κ3) is 3.22. The highest BCUT2D eigenvalue weighted by molar-refractivity contribution is 6.30. The largest absolute Gasteiger partial charge is 0.540 e. The fourth-order valence-electron chi connectivity index (χ4n) is 1.64. The molecule has 1 amide bonds. The van der Waals surface area contributed by atoms with E-state index >= 15 is 0 Å². The molecule has 6 nitrogen and oxygen atoms in total. The van der Waals surface area contributed by atoms with Gasteiger partial charge in [0.15, 0.2) is 0 Å². The molecule has 0 unspecified atom stereocenters. The van der Waals surface area contributed by atoms with Gasteiger partial charge in [0.2, 0.25) is 0 Å². The van der Waals surface area contributed by atoms with Gasteiger partial charge in [-0.15, -0.1) is 0 Å². The zero-order chi connectivity index (χ0) is 11.3. The van der Waals surface area contributed by atoms with Crippen LogP contribution in [-0.2, 0) is 9.59 Å². The highest BCUT2D eigenvalue weighted by atomic mass is 16.4. The Labute approximate surface area is 87.7 Å². The first-order valence-electron chi connectivity index (χ1n) is 4.86. The molecule has 0 bridgehead atoms. The first kappa shape index (κ1) is 11.5. The number of rotatable bonds is 2. The lowest BCUT2D eigenvalue weighted by Crippen LogP contribution is -3.14. The standard InChI is InChI=1S/C9H13N3O3/c10-2-1-3-11-4-6-12(7-5-11)8(13)9(14)15/h1,3-7H2,(H,14,15). The fourth-order valence-corrected chi connectivity index (χ4v) is 1.64. The Morgan fingerprint density at radius 2 is 2.00 bits per heavy atom. The number of nitrogens with zero attached hydrogens (tertiary/aromatic N) is 2. The summed E-state index contributed by atoms with van der Waals surface area (Å²) >= 11 is 0. The van der Waals surface area contributed by atoms with Crippen molar-refractivity contribution in [2.75, 3.05) is 32.7 Å². The Balaban J connectivity index is 2.33. The molecule has 6 heteroatoms. The van der Waals surface area contributed by atoms with Gasteiger partial charge in [0.05, 0.1) is 45.2 Å². The molecule has 1 rings (SSSR count). The van der Waals surface area contributed by atoms with Crippen LogP contribution in [0, 0.1) is 11.3 Å².